The van der Waals surface area contributed by atoms with Gasteiger partial charge in [-0.2, -0.15) is 0 Å². The van der Waals surface area contributed by atoms with Gasteiger partial charge in [-0.1, -0.05) is 26.2 Å². The van der Waals surface area contributed by atoms with Crippen LogP contribution in [0.4, 0.5) is 0 Å². The molecule has 1 rings (SSSR count). The van der Waals surface area contributed by atoms with Crippen LogP contribution in [0.1, 0.15) is 59.3 Å². The Hall–Kier alpha value is -0.570. The fourth-order valence-corrected chi connectivity index (χ4v) is 3.07. The van der Waals surface area contributed by atoms with Gasteiger partial charge in [0.2, 0.25) is 5.91 Å². The molecule has 0 aromatic heterocycles. The number of carbonyl (C=O) groups is 1. The van der Waals surface area contributed by atoms with E-state index in [0.29, 0.717) is 17.9 Å². The third-order valence-corrected chi connectivity index (χ3v) is 4.07. The molecule has 0 spiro atoms. The van der Waals surface area contributed by atoms with Crippen molar-refractivity contribution in [1.82, 2.24) is 10.2 Å². The number of hydrogen-bond acceptors (Lipinski definition) is 2. The number of amides is 1. The van der Waals surface area contributed by atoms with E-state index in [1.807, 2.05) is 11.9 Å². The first kappa shape index (κ1) is 15.5. The van der Waals surface area contributed by atoms with Crippen LogP contribution >= 0.6 is 0 Å². The van der Waals surface area contributed by atoms with Gasteiger partial charge in [0.05, 0.1) is 6.04 Å². The molecule has 0 saturated heterocycles. The van der Waals surface area contributed by atoms with Gasteiger partial charge in [0.25, 0.3) is 0 Å². The summed E-state index contributed by atoms with van der Waals surface area (Å²) in [5.41, 5.74) is 0. The Morgan fingerprint density at radius 1 is 1.28 bits per heavy atom. The van der Waals surface area contributed by atoms with Gasteiger partial charge in [-0.3, -0.25) is 4.79 Å². The van der Waals surface area contributed by atoms with E-state index >= 15 is 0 Å². The second-order valence-corrected chi connectivity index (χ2v) is 5.79. The standard InChI is InChI=1S/C15H30N2O/c1-5-11-17(12(2)3)15(18)14(16-4)13-9-7-6-8-10-13/h12-14,16H,5-11H2,1-4H3. The molecule has 1 amide bonds. The van der Waals surface area contributed by atoms with Crippen LogP contribution in [0.25, 0.3) is 0 Å². The summed E-state index contributed by atoms with van der Waals surface area (Å²) in [6, 6.07) is 0.330. The average Bonchev–Trinajstić information content (AvgIpc) is 2.37. The quantitative estimate of drug-likeness (QED) is 0.790. The molecule has 3 nitrogen and oxygen atoms in total. The highest BCUT2D eigenvalue weighted by Gasteiger charge is 2.31. The van der Waals surface area contributed by atoms with Crippen LogP contribution < -0.4 is 5.32 Å². The van der Waals surface area contributed by atoms with Crippen LogP contribution in [-0.4, -0.2) is 36.5 Å². The maximum Gasteiger partial charge on any atom is 0.240 e. The highest BCUT2D eigenvalue weighted by molar-refractivity contribution is 5.82. The van der Waals surface area contributed by atoms with Crippen molar-refractivity contribution in [1.29, 1.82) is 0 Å². The highest BCUT2D eigenvalue weighted by atomic mass is 16.2. The van der Waals surface area contributed by atoms with Crippen molar-refractivity contribution < 1.29 is 4.79 Å². The second kappa shape index (κ2) is 7.78. The Bertz CT molecular complexity index is 247. The Morgan fingerprint density at radius 2 is 1.89 bits per heavy atom. The number of carbonyl (C=O) groups excluding carboxylic acids is 1. The molecule has 0 radical (unpaired) electrons. The van der Waals surface area contributed by atoms with Gasteiger partial charge in [-0.25, -0.2) is 0 Å². The lowest BCUT2D eigenvalue weighted by Gasteiger charge is -2.35. The summed E-state index contributed by atoms with van der Waals surface area (Å²) in [4.78, 5) is 14.7. The first-order valence-electron chi connectivity index (χ1n) is 7.59. The molecule has 1 fully saturated rings. The van der Waals surface area contributed by atoms with E-state index in [-0.39, 0.29) is 6.04 Å². The summed E-state index contributed by atoms with van der Waals surface area (Å²) in [7, 11) is 1.93. The first-order valence-corrected chi connectivity index (χ1v) is 7.59. The molecule has 18 heavy (non-hydrogen) atoms. The second-order valence-electron chi connectivity index (χ2n) is 5.79. The third-order valence-electron chi connectivity index (χ3n) is 4.07. The van der Waals surface area contributed by atoms with E-state index in [2.05, 4.69) is 26.1 Å². The van der Waals surface area contributed by atoms with Crippen molar-refractivity contribution >= 4 is 5.91 Å². The minimum Gasteiger partial charge on any atom is -0.339 e. The normalized spacial score (nSPS) is 18.9. The van der Waals surface area contributed by atoms with Gasteiger partial charge < -0.3 is 10.2 Å². The van der Waals surface area contributed by atoms with Crippen molar-refractivity contribution in [3.8, 4) is 0 Å². The number of hydrogen-bond donors (Lipinski definition) is 1. The van der Waals surface area contributed by atoms with Gasteiger partial charge >= 0.3 is 0 Å². The summed E-state index contributed by atoms with van der Waals surface area (Å²) < 4.78 is 0. The summed E-state index contributed by atoms with van der Waals surface area (Å²) >= 11 is 0. The largest absolute Gasteiger partial charge is 0.339 e. The molecule has 1 unspecified atom stereocenters. The SMILES string of the molecule is CCCN(C(=O)C(NC)C1CCCCC1)C(C)C. The lowest BCUT2D eigenvalue weighted by atomic mass is 9.83. The van der Waals surface area contributed by atoms with Crippen molar-refractivity contribution in [2.45, 2.75) is 71.4 Å². The molecule has 3 heteroatoms. The molecule has 106 valence electrons. The average molecular weight is 254 g/mol. The molecule has 0 aromatic carbocycles. The zero-order chi connectivity index (χ0) is 13.5. The molecule has 1 N–H and O–H groups in total. The summed E-state index contributed by atoms with van der Waals surface area (Å²) in [6.45, 7) is 7.24. The van der Waals surface area contributed by atoms with Crippen molar-refractivity contribution in [3.63, 3.8) is 0 Å². The monoisotopic (exact) mass is 254 g/mol. The molecule has 0 bridgehead atoms. The topological polar surface area (TPSA) is 32.3 Å². The van der Waals surface area contributed by atoms with Gasteiger partial charge in [0, 0.05) is 12.6 Å². The van der Waals surface area contributed by atoms with E-state index in [1.54, 1.807) is 0 Å². The van der Waals surface area contributed by atoms with Crippen LogP contribution in [0.2, 0.25) is 0 Å². The van der Waals surface area contributed by atoms with Crippen LogP contribution in [0.5, 0.6) is 0 Å². The number of nitrogens with one attached hydrogen (secondary N) is 1. The number of rotatable bonds is 6. The summed E-state index contributed by atoms with van der Waals surface area (Å²) in [5.74, 6) is 0.843. The van der Waals surface area contributed by atoms with Crippen molar-refractivity contribution in [2.75, 3.05) is 13.6 Å². The predicted octanol–water partition coefficient (Wildman–Crippen LogP) is 2.80. The van der Waals surface area contributed by atoms with Crippen molar-refractivity contribution in [3.05, 3.63) is 0 Å². The summed E-state index contributed by atoms with van der Waals surface area (Å²) in [5, 5.41) is 3.27. The van der Waals surface area contributed by atoms with E-state index in [1.165, 1.54) is 32.1 Å². The van der Waals surface area contributed by atoms with Gasteiger partial charge in [-0.05, 0) is 46.1 Å². The molecule has 0 aromatic rings. The van der Waals surface area contributed by atoms with Gasteiger partial charge in [0.15, 0.2) is 0 Å². The smallest absolute Gasteiger partial charge is 0.240 e. The maximum absolute atomic E-state index is 12.7. The molecule has 1 saturated carbocycles. The van der Waals surface area contributed by atoms with Crippen LogP contribution in [0.15, 0.2) is 0 Å². The third kappa shape index (κ3) is 3.98. The zero-order valence-electron chi connectivity index (χ0n) is 12.5. The minimum atomic E-state index is 0.0271. The zero-order valence-corrected chi connectivity index (χ0v) is 12.5. The van der Waals surface area contributed by atoms with Crippen LogP contribution in [0.3, 0.4) is 0 Å². The Morgan fingerprint density at radius 3 is 2.33 bits per heavy atom. The Labute approximate surface area is 112 Å². The minimum absolute atomic E-state index is 0.0271. The fourth-order valence-electron chi connectivity index (χ4n) is 3.07. The van der Waals surface area contributed by atoms with Gasteiger partial charge in [0.1, 0.15) is 0 Å². The lowest BCUT2D eigenvalue weighted by molar-refractivity contribution is -0.136. The van der Waals surface area contributed by atoms with E-state index in [4.69, 9.17) is 0 Å². The van der Waals surface area contributed by atoms with Crippen molar-refractivity contribution in [2.24, 2.45) is 5.92 Å². The Kier molecular flexibility index (Phi) is 6.69. The van der Waals surface area contributed by atoms with E-state index < -0.39 is 0 Å². The lowest BCUT2D eigenvalue weighted by Crippen LogP contribution is -2.52. The molecule has 0 heterocycles. The number of likely N-dealkylation sites (N-methyl/N-ethyl adjacent to an activating group) is 1. The van der Waals surface area contributed by atoms with Crippen LogP contribution in [0, 0.1) is 5.92 Å². The molecule has 1 aliphatic rings. The predicted molar refractivity (Wildman–Crippen MR) is 76.6 cm³/mol. The van der Waals surface area contributed by atoms with Crippen LogP contribution in [-0.2, 0) is 4.79 Å². The molecule has 0 aliphatic heterocycles. The molecule has 1 atom stereocenters. The van der Waals surface area contributed by atoms with E-state index in [9.17, 15) is 4.79 Å². The first-order chi connectivity index (χ1) is 8.61. The highest BCUT2D eigenvalue weighted by Crippen LogP contribution is 2.27. The Balaban J connectivity index is 2.69. The van der Waals surface area contributed by atoms with E-state index in [0.717, 1.165) is 13.0 Å². The molecular weight excluding hydrogens is 224 g/mol. The summed E-state index contributed by atoms with van der Waals surface area (Å²) in [6.07, 6.45) is 7.34. The maximum atomic E-state index is 12.7. The number of nitrogens with zero attached hydrogens (tertiary/aromatic N) is 1. The fraction of sp³-hybridized carbons (Fsp3) is 0.933. The molecule has 1 aliphatic carbocycles. The molecular formula is C15H30N2O. The van der Waals surface area contributed by atoms with Gasteiger partial charge in [-0.15, -0.1) is 0 Å².